The Balaban J connectivity index is 1.17. The SMILES string of the molecule is C[C@@H]1CCN(C(=O)CC#N)C[C@@H]1N(C)c1ncnc2c1ccn2C(=O)N(C)CCN(C)C(=O)OCc1ccc(O[C@@H]2O[C@H](CO)[C@@H](O)[C@H](O)[C@H]2O)c([N+](=O)[O-])c1. The lowest BCUT2D eigenvalue weighted by atomic mass is 9.92. The van der Waals surface area contributed by atoms with E-state index in [1.54, 1.807) is 24.2 Å². The van der Waals surface area contributed by atoms with Crippen LogP contribution in [0.3, 0.4) is 0 Å². The summed E-state index contributed by atoms with van der Waals surface area (Å²) in [6.07, 6.45) is -5.35. The standard InChI is InChI=1S/C35H45N9O12/c1-20-8-11-42(27(46)7-10-36)16-24(20)41(4)31-22-9-12-43(32(22)38-19-37-31)34(50)39(2)13-14-40(3)35(51)54-18-21-5-6-25(23(15-21)44(52)53)55-33-30(49)29(48)28(47)26(17-45)56-33/h5-6,9,12,15,19-20,24,26,28-30,33,45,47-49H,7-8,11,13-14,16-18H2,1-4H3/t20-,24+,26-,28-,29+,30-,33-/m1/s1. The van der Waals surface area contributed by atoms with Crippen molar-refractivity contribution in [2.24, 2.45) is 5.92 Å². The number of nitro groups is 1. The number of fused-ring (bicyclic) bond motifs is 1. The van der Waals surface area contributed by atoms with Crippen molar-refractivity contribution in [3.8, 4) is 11.8 Å². The van der Waals surface area contributed by atoms with Gasteiger partial charge in [0.05, 0.1) is 29.0 Å². The number of aromatic nitrogens is 3. The first-order valence-electron chi connectivity index (χ1n) is 17.7. The molecule has 0 radical (unpaired) electrons. The van der Waals surface area contributed by atoms with Gasteiger partial charge in [-0.1, -0.05) is 13.0 Å². The van der Waals surface area contributed by atoms with E-state index >= 15 is 0 Å². The van der Waals surface area contributed by atoms with Crippen molar-refractivity contribution >= 4 is 40.6 Å². The molecule has 0 saturated carbocycles. The molecule has 302 valence electrons. The first-order valence-corrected chi connectivity index (χ1v) is 17.7. The summed E-state index contributed by atoms with van der Waals surface area (Å²) in [5, 5.41) is 61.1. The van der Waals surface area contributed by atoms with Gasteiger partial charge in [0.15, 0.2) is 11.4 Å². The van der Waals surface area contributed by atoms with Crippen LogP contribution >= 0.6 is 0 Å². The third-order valence-electron chi connectivity index (χ3n) is 10.1. The minimum absolute atomic E-state index is 0.0653. The van der Waals surface area contributed by atoms with Crippen molar-refractivity contribution in [1.29, 1.82) is 5.26 Å². The molecule has 2 aromatic heterocycles. The zero-order valence-corrected chi connectivity index (χ0v) is 31.2. The molecule has 0 unspecified atom stereocenters. The third-order valence-corrected chi connectivity index (χ3v) is 10.1. The smallest absolute Gasteiger partial charge is 0.409 e. The maximum Gasteiger partial charge on any atom is 0.409 e. The highest BCUT2D eigenvalue weighted by molar-refractivity contribution is 5.95. The fourth-order valence-electron chi connectivity index (χ4n) is 6.60. The molecule has 2 aliphatic heterocycles. The molecular weight excluding hydrogens is 738 g/mol. The molecule has 0 bridgehead atoms. The number of anilines is 1. The average molecular weight is 784 g/mol. The number of likely N-dealkylation sites (tertiary alicyclic amines) is 1. The molecule has 56 heavy (non-hydrogen) atoms. The zero-order chi connectivity index (χ0) is 40.8. The van der Waals surface area contributed by atoms with Crippen molar-refractivity contribution < 1.29 is 53.9 Å². The van der Waals surface area contributed by atoms with Crippen molar-refractivity contribution in [2.45, 2.75) is 63.1 Å². The van der Waals surface area contributed by atoms with Crippen LogP contribution in [0.15, 0.2) is 36.8 Å². The van der Waals surface area contributed by atoms with E-state index in [2.05, 4.69) is 16.9 Å². The molecule has 0 aliphatic carbocycles. The van der Waals surface area contributed by atoms with Crippen LogP contribution in [0.5, 0.6) is 5.75 Å². The van der Waals surface area contributed by atoms with Crippen molar-refractivity contribution in [3.63, 3.8) is 0 Å². The number of aliphatic hydroxyl groups excluding tert-OH is 4. The number of benzene rings is 1. The van der Waals surface area contributed by atoms with Crippen molar-refractivity contribution in [3.05, 3.63) is 52.5 Å². The van der Waals surface area contributed by atoms with Gasteiger partial charge in [-0.05, 0) is 30.0 Å². The first-order chi connectivity index (χ1) is 26.7. The predicted molar refractivity (Wildman–Crippen MR) is 194 cm³/mol. The van der Waals surface area contributed by atoms with Gasteiger partial charge in [0.2, 0.25) is 12.2 Å². The molecule has 3 aromatic rings. The summed E-state index contributed by atoms with van der Waals surface area (Å²) in [4.78, 5) is 65.0. The summed E-state index contributed by atoms with van der Waals surface area (Å²) in [5.41, 5.74) is 0.0245. The molecule has 4 heterocycles. The number of hydrogen-bond acceptors (Lipinski definition) is 16. The van der Waals surface area contributed by atoms with Crippen LogP contribution in [0.4, 0.5) is 21.1 Å². The quantitative estimate of drug-likeness (QED) is 0.142. The summed E-state index contributed by atoms with van der Waals surface area (Å²) in [5.74, 6) is 0.243. The molecular formula is C35H45N9O12. The van der Waals surface area contributed by atoms with Crippen molar-refractivity contribution in [1.82, 2.24) is 29.2 Å². The molecule has 2 aliphatic rings. The first kappa shape index (κ1) is 41.5. The molecule has 21 nitrogen and oxygen atoms in total. The van der Waals surface area contributed by atoms with Crippen LogP contribution in [-0.4, -0.2) is 163 Å². The topological polar surface area (TPSA) is 270 Å². The number of amides is 3. The Hall–Kier alpha value is -5.66. The van der Waals surface area contributed by atoms with E-state index in [1.165, 1.54) is 39.9 Å². The number of carbonyl (C=O) groups is 3. The predicted octanol–water partition coefficient (Wildman–Crippen LogP) is 0.274. The van der Waals surface area contributed by atoms with Gasteiger partial charge in [-0.25, -0.2) is 19.6 Å². The highest BCUT2D eigenvalue weighted by atomic mass is 16.7. The van der Waals surface area contributed by atoms with E-state index < -0.39 is 60.0 Å². The van der Waals surface area contributed by atoms with Gasteiger partial charge in [0.1, 0.15) is 49.6 Å². The largest absolute Gasteiger partial charge is 0.455 e. The second-order valence-corrected chi connectivity index (χ2v) is 13.8. The van der Waals surface area contributed by atoms with E-state index in [4.69, 9.17) is 19.5 Å². The molecule has 5 rings (SSSR count). The minimum Gasteiger partial charge on any atom is -0.455 e. The summed E-state index contributed by atoms with van der Waals surface area (Å²) in [6.45, 7) is 2.19. The maximum absolute atomic E-state index is 13.5. The normalized spacial score (nSPS) is 23.6. The lowest BCUT2D eigenvalue weighted by Gasteiger charge is -2.42. The Bertz CT molecular complexity index is 1950. The van der Waals surface area contributed by atoms with E-state index in [0.717, 1.165) is 12.5 Å². The second kappa shape index (κ2) is 17.9. The van der Waals surface area contributed by atoms with Gasteiger partial charge < -0.3 is 54.2 Å². The van der Waals surface area contributed by atoms with Gasteiger partial charge >= 0.3 is 17.8 Å². The molecule has 3 amide bonds. The Kier molecular flexibility index (Phi) is 13.2. The number of hydrogen-bond donors (Lipinski definition) is 4. The third kappa shape index (κ3) is 8.90. The lowest BCUT2D eigenvalue weighted by molar-refractivity contribution is -0.387. The van der Waals surface area contributed by atoms with Gasteiger partial charge in [0, 0.05) is 59.6 Å². The van der Waals surface area contributed by atoms with Crippen LogP contribution in [0, 0.1) is 27.4 Å². The lowest BCUT2D eigenvalue weighted by Crippen LogP contribution is -2.60. The van der Waals surface area contributed by atoms with Gasteiger partial charge in [0.25, 0.3) is 0 Å². The summed E-state index contributed by atoms with van der Waals surface area (Å²) < 4.78 is 17.4. The molecule has 1 aromatic carbocycles. The monoisotopic (exact) mass is 783 g/mol. The maximum atomic E-state index is 13.5. The van der Waals surface area contributed by atoms with Crippen LogP contribution < -0.4 is 9.64 Å². The summed E-state index contributed by atoms with van der Waals surface area (Å²) in [7, 11) is 4.90. The van der Waals surface area contributed by atoms with Crippen LogP contribution in [0.25, 0.3) is 11.0 Å². The minimum atomic E-state index is -1.78. The number of piperidine rings is 1. The average Bonchev–Trinajstić information content (AvgIpc) is 3.63. The molecule has 2 saturated heterocycles. The molecule has 4 N–H and O–H groups in total. The fourth-order valence-corrected chi connectivity index (χ4v) is 6.60. The number of nitrogens with zero attached hydrogens (tertiary/aromatic N) is 9. The Labute approximate surface area is 320 Å². The number of rotatable bonds is 12. The number of aliphatic hydroxyl groups is 4. The van der Waals surface area contributed by atoms with E-state index in [0.29, 0.717) is 29.9 Å². The zero-order valence-electron chi connectivity index (χ0n) is 31.2. The Morgan fingerprint density at radius 1 is 1.09 bits per heavy atom. The number of ether oxygens (including phenoxy) is 3. The number of nitro benzene ring substituents is 1. The van der Waals surface area contributed by atoms with Crippen LogP contribution in [0.1, 0.15) is 25.3 Å². The fraction of sp³-hybridized carbons (Fsp3) is 0.543. The highest BCUT2D eigenvalue weighted by Crippen LogP contribution is 2.33. The van der Waals surface area contributed by atoms with Gasteiger partial charge in [-0.2, -0.15) is 5.26 Å². The van der Waals surface area contributed by atoms with E-state index in [1.807, 2.05) is 18.0 Å². The van der Waals surface area contributed by atoms with Gasteiger partial charge in [-0.3, -0.25) is 19.5 Å². The summed E-state index contributed by atoms with van der Waals surface area (Å²) >= 11 is 0. The molecule has 2 fully saturated rings. The second-order valence-electron chi connectivity index (χ2n) is 13.8. The Morgan fingerprint density at radius 3 is 2.52 bits per heavy atom. The number of nitriles is 1. The Morgan fingerprint density at radius 2 is 1.82 bits per heavy atom. The van der Waals surface area contributed by atoms with E-state index in [9.17, 15) is 44.9 Å². The molecule has 7 atom stereocenters. The van der Waals surface area contributed by atoms with Crippen molar-refractivity contribution in [2.75, 3.05) is 58.8 Å². The number of likely N-dealkylation sites (N-methyl/N-ethyl adjacent to an activating group) is 3. The van der Waals surface area contributed by atoms with Crippen LogP contribution in [-0.2, 0) is 20.9 Å². The molecule has 0 spiro atoms. The molecule has 21 heteroatoms. The van der Waals surface area contributed by atoms with Crippen LogP contribution in [0.2, 0.25) is 0 Å². The van der Waals surface area contributed by atoms with E-state index in [-0.39, 0.29) is 55.3 Å². The highest BCUT2D eigenvalue weighted by Gasteiger charge is 2.45. The summed E-state index contributed by atoms with van der Waals surface area (Å²) in [6, 6.07) is 6.80. The number of carbonyl (C=O) groups excluding carboxylic acids is 3. The van der Waals surface area contributed by atoms with Gasteiger partial charge in [-0.15, -0.1) is 0 Å².